The highest BCUT2D eigenvalue weighted by Crippen LogP contribution is 2.26. The zero-order chi connectivity index (χ0) is 11.4. The van der Waals surface area contributed by atoms with Gasteiger partial charge in [0.25, 0.3) is 0 Å². The van der Waals surface area contributed by atoms with Gasteiger partial charge in [-0.3, -0.25) is 9.78 Å². The van der Waals surface area contributed by atoms with E-state index in [4.69, 9.17) is 0 Å². The molecule has 0 bridgehead atoms. The van der Waals surface area contributed by atoms with E-state index in [1.807, 2.05) is 19.1 Å². The van der Waals surface area contributed by atoms with Crippen molar-refractivity contribution in [3.05, 3.63) is 29.6 Å². The molecule has 1 heterocycles. The number of aromatic nitrogens is 1. The Morgan fingerprint density at radius 2 is 1.94 bits per heavy atom. The van der Waals surface area contributed by atoms with E-state index in [0.29, 0.717) is 5.69 Å². The van der Waals surface area contributed by atoms with Gasteiger partial charge in [-0.1, -0.05) is 31.7 Å². The average molecular weight is 217 g/mol. The third-order valence-corrected chi connectivity index (χ3v) is 3.47. The quantitative estimate of drug-likeness (QED) is 0.560. The monoisotopic (exact) mass is 217 g/mol. The molecule has 1 fully saturated rings. The maximum atomic E-state index is 12.3. The highest BCUT2D eigenvalue weighted by molar-refractivity contribution is 5.97. The van der Waals surface area contributed by atoms with E-state index >= 15 is 0 Å². The van der Waals surface area contributed by atoms with E-state index in [9.17, 15) is 4.79 Å². The molecule has 1 aliphatic rings. The van der Waals surface area contributed by atoms with Gasteiger partial charge in [0.15, 0.2) is 5.78 Å². The lowest BCUT2D eigenvalue weighted by Crippen LogP contribution is -2.16. The molecule has 2 rings (SSSR count). The van der Waals surface area contributed by atoms with Crippen LogP contribution in [0.15, 0.2) is 18.3 Å². The van der Waals surface area contributed by atoms with Crippen LogP contribution in [0.5, 0.6) is 0 Å². The Bertz CT molecular complexity index is 365. The summed E-state index contributed by atoms with van der Waals surface area (Å²) in [5.41, 5.74) is 1.70. The van der Waals surface area contributed by atoms with Crippen molar-refractivity contribution >= 4 is 5.78 Å². The number of hydrogen-bond acceptors (Lipinski definition) is 2. The van der Waals surface area contributed by atoms with E-state index in [2.05, 4.69) is 4.98 Å². The summed E-state index contributed by atoms with van der Waals surface area (Å²) in [7, 11) is 0. The first-order chi connectivity index (χ1) is 7.79. The molecular weight excluding hydrogens is 198 g/mol. The number of hydrogen-bond donors (Lipinski definition) is 0. The van der Waals surface area contributed by atoms with Gasteiger partial charge in [0.05, 0.1) is 0 Å². The summed E-state index contributed by atoms with van der Waals surface area (Å²) in [5.74, 6) is 0.482. The third kappa shape index (κ3) is 2.49. The summed E-state index contributed by atoms with van der Waals surface area (Å²) in [4.78, 5) is 16.5. The highest BCUT2D eigenvalue weighted by Gasteiger charge is 2.23. The van der Waals surface area contributed by atoms with Crippen LogP contribution in [-0.4, -0.2) is 10.8 Å². The van der Waals surface area contributed by atoms with Crippen LogP contribution < -0.4 is 0 Å². The molecule has 2 nitrogen and oxygen atoms in total. The molecular formula is C14H19NO. The van der Waals surface area contributed by atoms with Gasteiger partial charge in [-0.2, -0.15) is 0 Å². The molecule has 1 saturated carbocycles. The number of carbonyl (C=O) groups is 1. The Morgan fingerprint density at radius 1 is 1.25 bits per heavy atom. The number of aryl methyl sites for hydroxylation is 1. The van der Waals surface area contributed by atoms with Crippen molar-refractivity contribution in [2.75, 3.05) is 0 Å². The molecule has 1 aromatic rings. The maximum Gasteiger partial charge on any atom is 0.184 e. The minimum absolute atomic E-state index is 0.219. The summed E-state index contributed by atoms with van der Waals surface area (Å²) in [6.45, 7) is 1.97. The van der Waals surface area contributed by atoms with Gasteiger partial charge in [-0.15, -0.1) is 0 Å². The Balaban J connectivity index is 2.14. The first-order valence-corrected chi connectivity index (χ1v) is 6.25. The molecule has 0 aliphatic heterocycles. The summed E-state index contributed by atoms with van der Waals surface area (Å²) >= 11 is 0. The van der Waals surface area contributed by atoms with E-state index in [-0.39, 0.29) is 11.7 Å². The van der Waals surface area contributed by atoms with Gasteiger partial charge in [0.1, 0.15) is 5.69 Å². The van der Waals surface area contributed by atoms with Crippen LogP contribution in [0.2, 0.25) is 0 Å². The van der Waals surface area contributed by atoms with Crippen LogP contribution in [0.1, 0.15) is 54.6 Å². The van der Waals surface area contributed by atoms with E-state index in [0.717, 1.165) is 18.4 Å². The zero-order valence-corrected chi connectivity index (χ0v) is 9.91. The highest BCUT2D eigenvalue weighted by atomic mass is 16.1. The smallest absolute Gasteiger partial charge is 0.184 e. The fourth-order valence-corrected chi connectivity index (χ4v) is 2.48. The lowest BCUT2D eigenvalue weighted by Gasteiger charge is -2.13. The van der Waals surface area contributed by atoms with Crippen LogP contribution >= 0.6 is 0 Å². The number of ketones is 1. The summed E-state index contributed by atoms with van der Waals surface area (Å²) in [6, 6.07) is 3.86. The molecule has 0 aromatic carbocycles. The Morgan fingerprint density at radius 3 is 2.56 bits per heavy atom. The fraction of sp³-hybridized carbons (Fsp3) is 0.571. The van der Waals surface area contributed by atoms with Crippen molar-refractivity contribution in [3.8, 4) is 0 Å². The van der Waals surface area contributed by atoms with Crippen molar-refractivity contribution < 1.29 is 4.79 Å². The maximum absolute atomic E-state index is 12.3. The minimum Gasteiger partial charge on any atom is -0.292 e. The fourth-order valence-electron chi connectivity index (χ4n) is 2.48. The molecule has 0 spiro atoms. The van der Waals surface area contributed by atoms with Crippen LogP contribution in [-0.2, 0) is 0 Å². The molecule has 86 valence electrons. The van der Waals surface area contributed by atoms with Crippen molar-refractivity contribution in [2.45, 2.75) is 45.4 Å². The number of pyridine rings is 1. The Kier molecular flexibility index (Phi) is 3.70. The Hall–Kier alpha value is -1.18. The standard InChI is InChI=1S/C14H19NO/c1-11-7-6-10-15-13(11)14(16)12-8-4-2-3-5-9-12/h6-7,10,12H,2-5,8-9H2,1H3. The summed E-state index contributed by atoms with van der Waals surface area (Å²) in [5, 5.41) is 0. The third-order valence-electron chi connectivity index (χ3n) is 3.47. The predicted octanol–water partition coefficient (Wildman–Crippen LogP) is 3.54. The molecule has 1 aromatic heterocycles. The van der Waals surface area contributed by atoms with E-state index in [1.54, 1.807) is 6.20 Å². The molecule has 0 amide bonds. The number of rotatable bonds is 2. The predicted molar refractivity (Wildman–Crippen MR) is 64.5 cm³/mol. The topological polar surface area (TPSA) is 30.0 Å². The van der Waals surface area contributed by atoms with Crippen LogP contribution in [0, 0.1) is 12.8 Å². The molecule has 16 heavy (non-hydrogen) atoms. The SMILES string of the molecule is Cc1cccnc1C(=O)C1CCCCCC1. The molecule has 0 unspecified atom stereocenters. The summed E-state index contributed by atoms with van der Waals surface area (Å²) in [6.07, 6.45) is 8.78. The number of nitrogens with zero attached hydrogens (tertiary/aromatic N) is 1. The normalized spacial score (nSPS) is 18.1. The summed E-state index contributed by atoms with van der Waals surface area (Å²) < 4.78 is 0. The molecule has 0 N–H and O–H groups in total. The Labute approximate surface area is 97.1 Å². The lowest BCUT2D eigenvalue weighted by atomic mass is 9.92. The van der Waals surface area contributed by atoms with Gasteiger partial charge >= 0.3 is 0 Å². The average Bonchev–Trinajstić information content (AvgIpc) is 2.57. The molecule has 1 aliphatic carbocycles. The van der Waals surface area contributed by atoms with Crippen molar-refractivity contribution in [1.29, 1.82) is 0 Å². The molecule has 0 radical (unpaired) electrons. The van der Waals surface area contributed by atoms with Gasteiger partial charge < -0.3 is 0 Å². The van der Waals surface area contributed by atoms with Crippen LogP contribution in [0.4, 0.5) is 0 Å². The van der Waals surface area contributed by atoms with Crippen LogP contribution in [0.3, 0.4) is 0 Å². The minimum atomic E-state index is 0.219. The molecule has 0 atom stereocenters. The second kappa shape index (κ2) is 5.24. The second-order valence-electron chi connectivity index (χ2n) is 4.72. The van der Waals surface area contributed by atoms with Gasteiger partial charge in [0.2, 0.25) is 0 Å². The van der Waals surface area contributed by atoms with Crippen molar-refractivity contribution in [3.63, 3.8) is 0 Å². The largest absolute Gasteiger partial charge is 0.292 e. The number of carbonyl (C=O) groups excluding carboxylic acids is 1. The van der Waals surface area contributed by atoms with E-state index in [1.165, 1.54) is 25.7 Å². The lowest BCUT2D eigenvalue weighted by molar-refractivity contribution is 0.0902. The van der Waals surface area contributed by atoms with Crippen molar-refractivity contribution in [1.82, 2.24) is 4.98 Å². The first kappa shape index (κ1) is 11.3. The van der Waals surface area contributed by atoms with Crippen molar-refractivity contribution in [2.24, 2.45) is 5.92 Å². The van der Waals surface area contributed by atoms with E-state index < -0.39 is 0 Å². The molecule has 2 heteroatoms. The molecule has 0 saturated heterocycles. The first-order valence-electron chi connectivity index (χ1n) is 6.25. The van der Waals surface area contributed by atoms with Crippen LogP contribution in [0.25, 0.3) is 0 Å². The van der Waals surface area contributed by atoms with Gasteiger partial charge in [0, 0.05) is 12.1 Å². The zero-order valence-electron chi connectivity index (χ0n) is 9.91. The van der Waals surface area contributed by atoms with Gasteiger partial charge in [-0.05, 0) is 31.4 Å². The second-order valence-corrected chi connectivity index (χ2v) is 4.72. The van der Waals surface area contributed by atoms with Gasteiger partial charge in [-0.25, -0.2) is 0 Å². The number of Topliss-reactive ketones (excluding diaryl/α,β-unsaturated/α-hetero) is 1.